The molecule has 0 aromatic carbocycles. The summed E-state index contributed by atoms with van der Waals surface area (Å²) in [6.45, 7) is 10.6. The van der Waals surface area contributed by atoms with Crippen LogP contribution < -0.4 is 10.6 Å². The monoisotopic (exact) mass is 327 g/mol. The second kappa shape index (κ2) is 8.54. The molecular weight excluding hydrogens is 302 g/mol. The highest BCUT2D eigenvalue weighted by Crippen LogP contribution is 2.19. The van der Waals surface area contributed by atoms with E-state index in [0.29, 0.717) is 6.04 Å². The lowest BCUT2D eigenvalue weighted by atomic mass is 10.0. The lowest BCUT2D eigenvalue weighted by molar-refractivity contribution is 0.517. The highest BCUT2D eigenvalue weighted by atomic mass is 79.9. The second-order valence-corrected chi connectivity index (χ2v) is 6.18. The van der Waals surface area contributed by atoms with Crippen LogP contribution in [0.15, 0.2) is 16.7 Å². The number of rotatable bonds is 8. The first-order valence-corrected chi connectivity index (χ1v) is 7.97. The third kappa shape index (κ3) is 5.91. The Hall–Kier alpha value is -0.610. The molecule has 0 aliphatic heterocycles. The molecule has 0 radical (unpaired) electrons. The Morgan fingerprint density at radius 1 is 1.26 bits per heavy atom. The average Bonchev–Trinajstić information content (AvgIpc) is 2.39. The highest BCUT2D eigenvalue weighted by molar-refractivity contribution is 9.10. The Morgan fingerprint density at radius 3 is 2.53 bits per heavy atom. The van der Waals surface area contributed by atoms with Gasteiger partial charge in [0.1, 0.15) is 5.82 Å². The van der Waals surface area contributed by atoms with E-state index in [9.17, 15) is 0 Å². The standard InChI is InChI=1S/C15H26BrN3/c1-5-12(6-2)8-18-15-13(9-17-11(3)4)7-14(16)10-19-15/h7,10-12,17H,5-6,8-9H2,1-4H3,(H,18,19). The minimum absolute atomic E-state index is 0.478. The van der Waals surface area contributed by atoms with Gasteiger partial charge in [0.25, 0.3) is 0 Å². The van der Waals surface area contributed by atoms with E-state index in [4.69, 9.17) is 0 Å². The van der Waals surface area contributed by atoms with Crippen molar-refractivity contribution < 1.29 is 0 Å². The van der Waals surface area contributed by atoms with Gasteiger partial charge in [-0.3, -0.25) is 0 Å². The molecule has 0 saturated carbocycles. The molecule has 0 saturated heterocycles. The van der Waals surface area contributed by atoms with Crippen molar-refractivity contribution in [3.05, 3.63) is 22.3 Å². The van der Waals surface area contributed by atoms with Crippen molar-refractivity contribution in [3.8, 4) is 0 Å². The fourth-order valence-electron chi connectivity index (χ4n) is 1.91. The highest BCUT2D eigenvalue weighted by Gasteiger charge is 2.08. The van der Waals surface area contributed by atoms with E-state index < -0.39 is 0 Å². The number of halogens is 1. The van der Waals surface area contributed by atoms with E-state index in [1.54, 1.807) is 0 Å². The molecule has 0 atom stereocenters. The van der Waals surface area contributed by atoms with E-state index in [1.165, 1.54) is 18.4 Å². The van der Waals surface area contributed by atoms with E-state index in [-0.39, 0.29) is 0 Å². The zero-order chi connectivity index (χ0) is 14.3. The van der Waals surface area contributed by atoms with Crippen molar-refractivity contribution >= 4 is 21.7 Å². The maximum absolute atomic E-state index is 4.50. The van der Waals surface area contributed by atoms with Crippen LogP contribution in [-0.2, 0) is 6.54 Å². The van der Waals surface area contributed by atoms with Gasteiger partial charge >= 0.3 is 0 Å². The first-order valence-electron chi connectivity index (χ1n) is 7.18. The van der Waals surface area contributed by atoms with Gasteiger partial charge < -0.3 is 10.6 Å². The molecule has 0 bridgehead atoms. The van der Waals surface area contributed by atoms with Crippen molar-refractivity contribution in [2.75, 3.05) is 11.9 Å². The van der Waals surface area contributed by atoms with Crippen LogP contribution in [0, 0.1) is 5.92 Å². The van der Waals surface area contributed by atoms with Gasteiger partial charge in [-0.1, -0.05) is 40.5 Å². The summed E-state index contributed by atoms with van der Waals surface area (Å²) in [4.78, 5) is 4.50. The van der Waals surface area contributed by atoms with Crippen LogP contribution in [0.1, 0.15) is 46.1 Å². The summed E-state index contributed by atoms with van der Waals surface area (Å²) in [6, 6.07) is 2.61. The molecule has 1 aromatic rings. The van der Waals surface area contributed by atoms with Crippen LogP contribution in [0.5, 0.6) is 0 Å². The summed E-state index contributed by atoms with van der Waals surface area (Å²) in [5, 5.41) is 6.94. The van der Waals surface area contributed by atoms with Crippen LogP contribution in [0.4, 0.5) is 5.82 Å². The molecule has 0 aliphatic rings. The molecule has 4 heteroatoms. The van der Waals surface area contributed by atoms with Gasteiger partial charge in [0, 0.05) is 35.4 Å². The van der Waals surface area contributed by atoms with Crippen LogP contribution >= 0.6 is 15.9 Å². The van der Waals surface area contributed by atoms with Crippen molar-refractivity contribution in [2.24, 2.45) is 5.92 Å². The largest absolute Gasteiger partial charge is 0.370 e. The molecule has 1 heterocycles. The van der Waals surface area contributed by atoms with E-state index in [2.05, 4.69) is 65.3 Å². The fraction of sp³-hybridized carbons (Fsp3) is 0.667. The maximum Gasteiger partial charge on any atom is 0.130 e. The molecule has 0 amide bonds. The second-order valence-electron chi connectivity index (χ2n) is 5.26. The van der Waals surface area contributed by atoms with Gasteiger partial charge in [-0.15, -0.1) is 0 Å². The Bertz CT molecular complexity index is 376. The molecule has 3 nitrogen and oxygen atoms in total. The number of hydrogen-bond acceptors (Lipinski definition) is 3. The Labute approximate surface area is 125 Å². The molecule has 1 aromatic heterocycles. The van der Waals surface area contributed by atoms with Crippen molar-refractivity contribution in [3.63, 3.8) is 0 Å². The van der Waals surface area contributed by atoms with Gasteiger partial charge in [-0.2, -0.15) is 0 Å². The lowest BCUT2D eigenvalue weighted by Crippen LogP contribution is -2.23. The zero-order valence-corrected chi connectivity index (χ0v) is 14.0. The third-order valence-corrected chi connectivity index (χ3v) is 3.78. The van der Waals surface area contributed by atoms with E-state index in [0.717, 1.165) is 29.3 Å². The third-order valence-electron chi connectivity index (χ3n) is 3.35. The quantitative estimate of drug-likeness (QED) is 0.751. The molecule has 0 unspecified atom stereocenters. The topological polar surface area (TPSA) is 37.0 Å². The van der Waals surface area contributed by atoms with Crippen LogP contribution in [0.3, 0.4) is 0 Å². The Morgan fingerprint density at radius 2 is 1.95 bits per heavy atom. The first-order chi connectivity index (χ1) is 9.06. The minimum atomic E-state index is 0.478. The first kappa shape index (κ1) is 16.4. The van der Waals surface area contributed by atoms with Gasteiger partial charge in [0.2, 0.25) is 0 Å². The summed E-state index contributed by atoms with van der Waals surface area (Å²) >= 11 is 3.49. The van der Waals surface area contributed by atoms with Crippen LogP contribution in [0.2, 0.25) is 0 Å². The Kier molecular flexibility index (Phi) is 7.39. The molecule has 2 N–H and O–H groups in total. The van der Waals surface area contributed by atoms with Gasteiger partial charge in [-0.25, -0.2) is 4.98 Å². The normalized spacial score (nSPS) is 11.3. The summed E-state index contributed by atoms with van der Waals surface area (Å²) < 4.78 is 1.03. The van der Waals surface area contributed by atoms with E-state index >= 15 is 0 Å². The maximum atomic E-state index is 4.50. The number of nitrogens with zero attached hydrogens (tertiary/aromatic N) is 1. The fourth-order valence-corrected chi connectivity index (χ4v) is 2.29. The molecule has 19 heavy (non-hydrogen) atoms. The molecule has 0 fully saturated rings. The van der Waals surface area contributed by atoms with Crippen molar-refractivity contribution in [1.82, 2.24) is 10.3 Å². The van der Waals surface area contributed by atoms with Crippen molar-refractivity contribution in [2.45, 2.75) is 53.1 Å². The average molecular weight is 328 g/mol. The predicted octanol–water partition coefficient (Wildman–Crippen LogP) is 4.19. The molecule has 1 rings (SSSR count). The molecule has 0 spiro atoms. The lowest BCUT2D eigenvalue weighted by Gasteiger charge is -2.17. The molecular formula is C15H26BrN3. The Balaban J connectivity index is 2.70. The SMILES string of the molecule is CCC(CC)CNc1ncc(Br)cc1CNC(C)C. The summed E-state index contributed by atoms with van der Waals surface area (Å²) in [7, 11) is 0. The number of hydrogen-bond donors (Lipinski definition) is 2. The summed E-state index contributed by atoms with van der Waals surface area (Å²) in [5.74, 6) is 1.72. The van der Waals surface area contributed by atoms with Crippen LogP contribution in [-0.4, -0.2) is 17.6 Å². The number of pyridine rings is 1. The zero-order valence-electron chi connectivity index (χ0n) is 12.5. The molecule has 0 aliphatic carbocycles. The number of anilines is 1. The minimum Gasteiger partial charge on any atom is -0.370 e. The summed E-state index contributed by atoms with van der Waals surface area (Å²) in [6.07, 6.45) is 4.27. The van der Waals surface area contributed by atoms with Crippen LogP contribution in [0.25, 0.3) is 0 Å². The number of aromatic nitrogens is 1. The van der Waals surface area contributed by atoms with Gasteiger partial charge in [0.05, 0.1) is 0 Å². The number of nitrogens with one attached hydrogen (secondary N) is 2. The predicted molar refractivity (Wildman–Crippen MR) is 86.5 cm³/mol. The summed E-state index contributed by atoms with van der Waals surface area (Å²) in [5.41, 5.74) is 1.22. The van der Waals surface area contributed by atoms with Gasteiger partial charge in [0.15, 0.2) is 0 Å². The molecule has 108 valence electrons. The smallest absolute Gasteiger partial charge is 0.130 e. The van der Waals surface area contributed by atoms with Crippen molar-refractivity contribution in [1.29, 1.82) is 0 Å². The van der Waals surface area contributed by atoms with E-state index in [1.807, 2.05) is 6.20 Å². The van der Waals surface area contributed by atoms with Gasteiger partial charge in [-0.05, 0) is 27.9 Å².